The molecule has 2 aromatic rings. The van der Waals surface area contributed by atoms with E-state index in [0.717, 1.165) is 5.75 Å². The molecule has 2 fully saturated rings. The topological polar surface area (TPSA) is 96.0 Å². The molecular weight excluding hydrogens is 466 g/mol. The van der Waals surface area contributed by atoms with Crippen LogP contribution in [0, 0.1) is 11.8 Å². The number of anilines is 2. The van der Waals surface area contributed by atoms with Gasteiger partial charge in [-0.1, -0.05) is 36.4 Å². The molecule has 3 aliphatic heterocycles. The summed E-state index contributed by atoms with van der Waals surface area (Å²) < 4.78 is 5.11. The van der Waals surface area contributed by atoms with Crippen LogP contribution in [0.5, 0.6) is 0 Å². The van der Waals surface area contributed by atoms with Crippen molar-refractivity contribution in [3.63, 3.8) is 0 Å². The average Bonchev–Trinajstić information content (AvgIpc) is 3.43. The number of benzene rings is 2. The van der Waals surface area contributed by atoms with Crippen molar-refractivity contribution >= 4 is 46.8 Å². The minimum Gasteiger partial charge on any atom is -0.465 e. The number of imide groups is 1. The van der Waals surface area contributed by atoms with Crippen LogP contribution in [0.3, 0.4) is 0 Å². The Hall–Kier alpha value is -3.17. The predicted molar refractivity (Wildman–Crippen MR) is 133 cm³/mol. The van der Waals surface area contributed by atoms with Crippen molar-refractivity contribution in [3.8, 4) is 0 Å². The molecular formula is C26H27N3O5S. The number of fused-ring (bicyclic) bond motifs is 4. The number of carbonyl (C=O) groups is 4. The molecule has 3 amide bonds. The van der Waals surface area contributed by atoms with E-state index in [1.807, 2.05) is 24.5 Å². The van der Waals surface area contributed by atoms with E-state index in [1.165, 1.54) is 9.80 Å². The van der Waals surface area contributed by atoms with Crippen LogP contribution >= 0.6 is 11.8 Å². The lowest BCUT2D eigenvalue weighted by molar-refractivity contribution is -0.142. The summed E-state index contributed by atoms with van der Waals surface area (Å²) in [5.74, 6) is -2.45. The second kappa shape index (κ2) is 9.13. The third-order valence-corrected chi connectivity index (χ3v) is 7.75. The zero-order valence-corrected chi connectivity index (χ0v) is 20.4. The Morgan fingerprint density at radius 2 is 1.77 bits per heavy atom. The largest absolute Gasteiger partial charge is 0.465 e. The van der Waals surface area contributed by atoms with Crippen molar-refractivity contribution in [2.75, 3.05) is 35.0 Å². The highest BCUT2D eigenvalue weighted by atomic mass is 32.2. The Morgan fingerprint density at radius 3 is 2.49 bits per heavy atom. The predicted octanol–water partition coefficient (Wildman–Crippen LogP) is 2.32. The van der Waals surface area contributed by atoms with E-state index in [9.17, 15) is 19.2 Å². The number of nitrogens with zero attached hydrogens (tertiary/aromatic N) is 2. The van der Waals surface area contributed by atoms with E-state index in [0.29, 0.717) is 23.4 Å². The molecule has 35 heavy (non-hydrogen) atoms. The molecule has 0 aromatic heterocycles. The summed E-state index contributed by atoms with van der Waals surface area (Å²) in [7, 11) is 0. The number of ether oxygens (including phenoxy) is 1. The van der Waals surface area contributed by atoms with Crippen LogP contribution < -0.4 is 15.1 Å². The van der Waals surface area contributed by atoms with Crippen LogP contribution in [0.25, 0.3) is 0 Å². The van der Waals surface area contributed by atoms with Gasteiger partial charge in [-0.15, -0.1) is 0 Å². The highest BCUT2D eigenvalue weighted by Gasteiger charge is 2.71. The van der Waals surface area contributed by atoms with Crippen LogP contribution in [0.4, 0.5) is 11.4 Å². The fourth-order valence-electron chi connectivity index (χ4n) is 5.76. The summed E-state index contributed by atoms with van der Waals surface area (Å²) in [6, 6.07) is 15.6. The van der Waals surface area contributed by atoms with Gasteiger partial charge in [0.05, 0.1) is 24.1 Å². The molecule has 1 N–H and O–H groups in total. The minimum atomic E-state index is -1.42. The zero-order chi connectivity index (χ0) is 24.7. The Morgan fingerprint density at radius 1 is 1.06 bits per heavy atom. The summed E-state index contributed by atoms with van der Waals surface area (Å²) in [5, 5.41) is 3.45. The molecule has 1 spiro atoms. The molecule has 0 saturated carbocycles. The molecule has 5 rings (SSSR count). The summed E-state index contributed by atoms with van der Waals surface area (Å²) in [4.78, 5) is 56.8. The van der Waals surface area contributed by atoms with Gasteiger partial charge in [-0.3, -0.25) is 29.4 Å². The van der Waals surface area contributed by atoms with Crippen LogP contribution in [-0.4, -0.2) is 54.9 Å². The fraction of sp³-hybridized carbons (Fsp3) is 0.385. The molecule has 2 saturated heterocycles. The first kappa shape index (κ1) is 23.6. The Labute approximate surface area is 208 Å². The molecule has 3 aliphatic rings. The van der Waals surface area contributed by atoms with Gasteiger partial charge in [0, 0.05) is 17.3 Å². The second-order valence-corrected chi connectivity index (χ2v) is 9.89. The lowest BCUT2D eigenvalue weighted by atomic mass is 9.76. The molecule has 2 aromatic carbocycles. The molecule has 8 nitrogen and oxygen atoms in total. The highest BCUT2D eigenvalue weighted by Crippen LogP contribution is 2.55. The number of hydrogen-bond donors (Lipinski definition) is 1. The number of rotatable bonds is 7. The van der Waals surface area contributed by atoms with E-state index in [2.05, 4.69) is 5.32 Å². The summed E-state index contributed by atoms with van der Waals surface area (Å²) in [5.41, 5.74) is 0.248. The molecule has 3 heterocycles. The van der Waals surface area contributed by atoms with Gasteiger partial charge < -0.3 is 4.74 Å². The van der Waals surface area contributed by atoms with E-state index in [1.54, 1.807) is 55.1 Å². The third kappa shape index (κ3) is 3.48. The first-order valence-corrected chi connectivity index (χ1v) is 13.1. The average molecular weight is 494 g/mol. The van der Waals surface area contributed by atoms with Crippen LogP contribution in [0.2, 0.25) is 0 Å². The molecule has 0 unspecified atom stereocenters. The monoisotopic (exact) mass is 493 g/mol. The number of nitrogens with one attached hydrogen (secondary N) is 1. The van der Waals surface area contributed by atoms with Crippen molar-refractivity contribution in [2.45, 2.75) is 24.9 Å². The van der Waals surface area contributed by atoms with Gasteiger partial charge in [0.2, 0.25) is 11.8 Å². The lowest BCUT2D eigenvalue weighted by Crippen LogP contribution is -2.55. The third-order valence-electron chi connectivity index (χ3n) is 7.11. The van der Waals surface area contributed by atoms with Crippen LogP contribution in [0.1, 0.15) is 18.9 Å². The van der Waals surface area contributed by atoms with E-state index in [-0.39, 0.29) is 25.1 Å². The van der Waals surface area contributed by atoms with E-state index >= 15 is 0 Å². The second-order valence-electron chi connectivity index (χ2n) is 8.90. The Kier molecular flexibility index (Phi) is 6.14. The number of thioether (sulfide) groups is 1. The molecule has 182 valence electrons. The normalized spacial score (nSPS) is 27.0. The van der Waals surface area contributed by atoms with Gasteiger partial charge in [-0.25, -0.2) is 4.90 Å². The van der Waals surface area contributed by atoms with Gasteiger partial charge in [0.15, 0.2) is 0 Å². The van der Waals surface area contributed by atoms with Crippen LogP contribution in [0.15, 0.2) is 54.6 Å². The quantitative estimate of drug-likeness (QED) is 0.467. The molecule has 0 aliphatic carbocycles. The fourth-order valence-corrected chi connectivity index (χ4v) is 6.25. The Bertz CT molecular complexity index is 1190. The first-order chi connectivity index (χ1) is 17.0. The van der Waals surface area contributed by atoms with Crippen molar-refractivity contribution in [1.29, 1.82) is 0 Å². The van der Waals surface area contributed by atoms with Gasteiger partial charge in [0.25, 0.3) is 5.91 Å². The smallest absolute Gasteiger partial charge is 0.326 e. The maximum absolute atomic E-state index is 14.2. The lowest BCUT2D eigenvalue weighted by Gasteiger charge is -2.30. The number of hydrogen-bond acceptors (Lipinski definition) is 7. The summed E-state index contributed by atoms with van der Waals surface area (Å²) in [6.45, 7) is 1.65. The van der Waals surface area contributed by atoms with E-state index < -0.39 is 35.2 Å². The van der Waals surface area contributed by atoms with Crippen LogP contribution in [-0.2, 0) is 29.5 Å². The van der Waals surface area contributed by atoms with Crippen molar-refractivity contribution in [2.24, 2.45) is 11.8 Å². The van der Waals surface area contributed by atoms with Crippen molar-refractivity contribution in [1.82, 2.24) is 5.32 Å². The maximum Gasteiger partial charge on any atom is 0.326 e. The molecule has 4 atom stereocenters. The maximum atomic E-state index is 14.2. The number of para-hydroxylation sites is 2. The minimum absolute atomic E-state index is 0.201. The number of amides is 3. The molecule has 0 bridgehead atoms. The summed E-state index contributed by atoms with van der Waals surface area (Å²) >= 11 is 1.65. The summed E-state index contributed by atoms with van der Waals surface area (Å²) in [6.07, 6.45) is 2.61. The van der Waals surface area contributed by atoms with Gasteiger partial charge >= 0.3 is 5.97 Å². The first-order valence-electron chi connectivity index (χ1n) is 11.7. The van der Waals surface area contributed by atoms with Gasteiger partial charge in [0.1, 0.15) is 12.1 Å². The standard InChI is InChI=1S/C26H27N3O5S/c1-3-34-20(30)15-28-19-12-8-7-11-17(19)26(25(28)33)22-21(18(27-26)13-14-35-2)23(31)29(24(22)32)16-9-5-4-6-10-16/h4-12,18,21-22,27H,3,13-15H2,1-2H3/t18-,21+,22-,26-/m0/s1. The molecule has 0 radical (unpaired) electrons. The van der Waals surface area contributed by atoms with Gasteiger partial charge in [-0.2, -0.15) is 11.8 Å². The highest BCUT2D eigenvalue weighted by molar-refractivity contribution is 7.98. The molecule has 9 heteroatoms. The van der Waals surface area contributed by atoms with Gasteiger partial charge in [-0.05, 0) is 43.6 Å². The van der Waals surface area contributed by atoms with Crippen molar-refractivity contribution in [3.05, 3.63) is 60.2 Å². The SMILES string of the molecule is CCOC(=O)CN1C(=O)[C@]2(N[C@@H](CCSC)[C@H]3C(=O)N(c4ccccc4)C(=O)[C@H]32)c2ccccc21. The Balaban J connectivity index is 1.63. The van der Waals surface area contributed by atoms with E-state index in [4.69, 9.17) is 4.74 Å². The number of carbonyl (C=O) groups excluding carboxylic acids is 4. The zero-order valence-electron chi connectivity index (χ0n) is 19.6. The number of esters is 1. The van der Waals surface area contributed by atoms with Crippen molar-refractivity contribution < 1.29 is 23.9 Å².